The van der Waals surface area contributed by atoms with Gasteiger partial charge in [0.25, 0.3) is 0 Å². The van der Waals surface area contributed by atoms with E-state index >= 15 is 0 Å². The van der Waals surface area contributed by atoms with E-state index in [4.69, 9.17) is 11.6 Å². The molecule has 0 unspecified atom stereocenters. The van der Waals surface area contributed by atoms with Crippen molar-refractivity contribution in [2.75, 3.05) is 16.0 Å². The molecule has 0 aliphatic carbocycles. The van der Waals surface area contributed by atoms with Gasteiger partial charge in [0, 0.05) is 28.2 Å². The van der Waals surface area contributed by atoms with Crippen molar-refractivity contribution >= 4 is 51.4 Å². The first-order chi connectivity index (χ1) is 14.0. The highest BCUT2D eigenvalue weighted by atomic mass is 35.5. The Balaban J connectivity index is 1.48. The summed E-state index contributed by atoms with van der Waals surface area (Å²) in [5.41, 5.74) is 3.30. The third-order valence-electron chi connectivity index (χ3n) is 4.14. The number of hydrogen-bond acceptors (Lipinski definition) is 4. The molecule has 0 saturated heterocycles. The summed E-state index contributed by atoms with van der Waals surface area (Å²) < 4.78 is 0. The van der Waals surface area contributed by atoms with Gasteiger partial charge in [0.15, 0.2) is 5.13 Å². The van der Waals surface area contributed by atoms with Gasteiger partial charge in [-0.25, -0.2) is 9.78 Å². The molecule has 0 spiro atoms. The zero-order chi connectivity index (χ0) is 20.6. The highest BCUT2D eigenvalue weighted by molar-refractivity contribution is 7.13. The molecule has 0 radical (unpaired) electrons. The monoisotopic (exact) mass is 428 g/mol. The Morgan fingerprint density at radius 1 is 1.07 bits per heavy atom. The molecule has 29 heavy (non-hydrogen) atoms. The van der Waals surface area contributed by atoms with Gasteiger partial charge in [-0.3, -0.25) is 10.1 Å². The molecule has 3 N–H and O–H groups in total. The average Bonchev–Trinajstić information content (AvgIpc) is 3.14. The number of thiazole rings is 1. The van der Waals surface area contributed by atoms with E-state index in [1.165, 1.54) is 11.3 Å². The molecule has 3 rings (SSSR count). The highest BCUT2D eigenvalue weighted by Crippen LogP contribution is 2.19. The number of nitrogens with one attached hydrogen (secondary N) is 3. The van der Waals surface area contributed by atoms with Gasteiger partial charge in [0.05, 0.1) is 5.69 Å². The molecule has 0 aliphatic heterocycles. The normalized spacial score (nSPS) is 10.4. The highest BCUT2D eigenvalue weighted by Gasteiger charge is 2.10. The minimum absolute atomic E-state index is 0.0629. The van der Waals surface area contributed by atoms with Crippen LogP contribution in [-0.4, -0.2) is 16.9 Å². The fourth-order valence-electron chi connectivity index (χ4n) is 2.71. The van der Waals surface area contributed by atoms with E-state index in [1.807, 2.05) is 29.6 Å². The molecule has 0 fully saturated rings. The minimum atomic E-state index is -0.401. The van der Waals surface area contributed by atoms with Gasteiger partial charge in [-0.1, -0.05) is 42.8 Å². The minimum Gasteiger partial charge on any atom is -0.326 e. The summed E-state index contributed by atoms with van der Waals surface area (Å²) in [6.45, 7) is 2.05. The second kappa shape index (κ2) is 10.0. The number of rotatable bonds is 7. The largest absolute Gasteiger partial charge is 0.326 e. The lowest BCUT2D eigenvalue weighted by Crippen LogP contribution is -2.19. The van der Waals surface area contributed by atoms with Crippen LogP contribution in [-0.2, 0) is 17.6 Å². The van der Waals surface area contributed by atoms with Crippen molar-refractivity contribution in [1.82, 2.24) is 4.98 Å². The molecule has 1 aromatic heterocycles. The topological polar surface area (TPSA) is 83.1 Å². The second-order valence-electron chi connectivity index (χ2n) is 6.29. The fraction of sp³-hybridized carbons (Fsp3) is 0.190. The number of para-hydroxylation sites is 1. The number of hydrogen-bond donors (Lipinski definition) is 3. The molecule has 3 aromatic rings. The Bertz CT molecular complexity index is 1010. The molecule has 0 aliphatic rings. The van der Waals surface area contributed by atoms with Gasteiger partial charge >= 0.3 is 6.03 Å². The molecule has 3 amide bonds. The number of carbonyl (C=O) groups excluding carboxylic acids is 2. The van der Waals surface area contributed by atoms with Crippen LogP contribution in [0.4, 0.5) is 21.3 Å². The van der Waals surface area contributed by atoms with Gasteiger partial charge < -0.3 is 10.6 Å². The zero-order valence-corrected chi connectivity index (χ0v) is 17.4. The summed E-state index contributed by atoms with van der Waals surface area (Å²) in [4.78, 5) is 28.7. The summed E-state index contributed by atoms with van der Waals surface area (Å²) in [6.07, 6.45) is 1.67. The SMILES string of the molecule is CCc1ccccc1NC(=O)CCc1csc(NC(=O)Nc2cccc(Cl)c2)n1. The summed E-state index contributed by atoms with van der Waals surface area (Å²) >= 11 is 7.22. The first-order valence-corrected chi connectivity index (χ1v) is 10.4. The Kier molecular flexibility index (Phi) is 7.21. The first kappa shape index (κ1) is 20.8. The van der Waals surface area contributed by atoms with E-state index in [0.29, 0.717) is 28.7 Å². The van der Waals surface area contributed by atoms with Crippen LogP contribution < -0.4 is 16.0 Å². The van der Waals surface area contributed by atoms with Crippen molar-refractivity contribution in [2.24, 2.45) is 0 Å². The molecule has 8 heteroatoms. The molecule has 1 heterocycles. The Morgan fingerprint density at radius 3 is 2.69 bits per heavy atom. The van der Waals surface area contributed by atoms with Crippen LogP contribution in [0.25, 0.3) is 0 Å². The summed E-state index contributed by atoms with van der Waals surface area (Å²) in [6, 6.07) is 14.3. The quantitative estimate of drug-likeness (QED) is 0.459. The van der Waals surface area contributed by atoms with Crippen molar-refractivity contribution in [3.63, 3.8) is 0 Å². The van der Waals surface area contributed by atoms with Crippen molar-refractivity contribution in [3.05, 3.63) is 70.2 Å². The van der Waals surface area contributed by atoms with Gasteiger partial charge in [-0.2, -0.15) is 0 Å². The van der Waals surface area contributed by atoms with Crippen LogP contribution in [0, 0.1) is 0 Å². The Hall–Kier alpha value is -2.90. The summed E-state index contributed by atoms with van der Waals surface area (Å²) in [7, 11) is 0. The number of aromatic nitrogens is 1. The van der Waals surface area contributed by atoms with Crippen LogP contribution in [0.3, 0.4) is 0 Å². The first-order valence-electron chi connectivity index (χ1n) is 9.19. The zero-order valence-electron chi connectivity index (χ0n) is 15.9. The van der Waals surface area contributed by atoms with Crippen LogP contribution in [0.15, 0.2) is 53.9 Å². The number of benzene rings is 2. The van der Waals surface area contributed by atoms with Crippen molar-refractivity contribution in [3.8, 4) is 0 Å². The molecular weight excluding hydrogens is 408 g/mol. The maximum Gasteiger partial charge on any atom is 0.325 e. The van der Waals surface area contributed by atoms with Gasteiger partial charge in [-0.15, -0.1) is 11.3 Å². The third-order valence-corrected chi connectivity index (χ3v) is 5.18. The van der Waals surface area contributed by atoms with Crippen molar-refractivity contribution in [2.45, 2.75) is 26.2 Å². The van der Waals surface area contributed by atoms with Crippen LogP contribution >= 0.6 is 22.9 Å². The Morgan fingerprint density at radius 2 is 1.90 bits per heavy atom. The predicted molar refractivity (Wildman–Crippen MR) is 119 cm³/mol. The number of halogens is 1. The third kappa shape index (κ3) is 6.30. The number of nitrogens with zero attached hydrogens (tertiary/aromatic N) is 1. The van der Waals surface area contributed by atoms with E-state index in [2.05, 4.69) is 27.9 Å². The van der Waals surface area contributed by atoms with Crippen LogP contribution in [0.2, 0.25) is 5.02 Å². The van der Waals surface area contributed by atoms with E-state index in [1.54, 1.807) is 24.3 Å². The fourth-order valence-corrected chi connectivity index (χ4v) is 3.64. The molecular formula is C21H21ClN4O2S. The maximum absolute atomic E-state index is 12.2. The number of carbonyl (C=O) groups is 2. The standard InChI is InChI=1S/C21H21ClN4O2S/c1-2-14-6-3-4-9-18(14)25-19(27)11-10-17-13-29-21(24-17)26-20(28)23-16-8-5-7-15(22)12-16/h3-9,12-13H,2,10-11H2,1H3,(H,25,27)(H2,23,24,26,28). The lowest BCUT2D eigenvalue weighted by atomic mass is 10.1. The second-order valence-corrected chi connectivity index (χ2v) is 7.59. The van der Waals surface area contributed by atoms with E-state index in [0.717, 1.165) is 23.4 Å². The average molecular weight is 429 g/mol. The molecule has 150 valence electrons. The number of aryl methyl sites for hydroxylation is 2. The molecule has 0 atom stereocenters. The summed E-state index contributed by atoms with van der Waals surface area (Å²) in [5.74, 6) is -0.0629. The van der Waals surface area contributed by atoms with E-state index < -0.39 is 6.03 Å². The predicted octanol–water partition coefficient (Wildman–Crippen LogP) is 5.57. The molecule has 6 nitrogen and oxygen atoms in total. The lowest BCUT2D eigenvalue weighted by Gasteiger charge is -2.09. The Labute approximate surface area is 178 Å². The van der Waals surface area contributed by atoms with Gasteiger partial charge in [0.1, 0.15) is 0 Å². The van der Waals surface area contributed by atoms with Gasteiger partial charge in [-0.05, 0) is 42.7 Å². The van der Waals surface area contributed by atoms with Crippen LogP contribution in [0.5, 0.6) is 0 Å². The lowest BCUT2D eigenvalue weighted by molar-refractivity contribution is -0.116. The number of amides is 3. The maximum atomic E-state index is 12.2. The van der Waals surface area contributed by atoms with Crippen molar-refractivity contribution < 1.29 is 9.59 Å². The smallest absolute Gasteiger partial charge is 0.325 e. The molecule has 2 aromatic carbocycles. The van der Waals surface area contributed by atoms with Crippen LogP contribution in [0.1, 0.15) is 24.6 Å². The number of anilines is 3. The van der Waals surface area contributed by atoms with E-state index in [9.17, 15) is 9.59 Å². The van der Waals surface area contributed by atoms with Crippen molar-refractivity contribution in [1.29, 1.82) is 0 Å². The number of urea groups is 1. The molecule has 0 saturated carbocycles. The molecule has 0 bridgehead atoms. The summed E-state index contributed by atoms with van der Waals surface area (Å²) in [5, 5.41) is 11.2. The van der Waals surface area contributed by atoms with Gasteiger partial charge in [0.2, 0.25) is 5.91 Å². The van der Waals surface area contributed by atoms with E-state index in [-0.39, 0.29) is 5.91 Å².